The Hall–Kier alpha value is -2.93. The molecule has 0 fully saturated rings. The van der Waals surface area contributed by atoms with Gasteiger partial charge in [0.05, 0.1) is 26.9 Å². The summed E-state index contributed by atoms with van der Waals surface area (Å²) in [5.74, 6) is 2.11. The molecule has 0 radical (unpaired) electrons. The van der Waals surface area contributed by atoms with Crippen molar-refractivity contribution in [2.45, 2.75) is 6.92 Å². The van der Waals surface area contributed by atoms with E-state index in [0.29, 0.717) is 18.1 Å². The van der Waals surface area contributed by atoms with Gasteiger partial charge in [-0.15, -0.1) is 0 Å². The van der Waals surface area contributed by atoms with E-state index in [9.17, 15) is 0 Å². The van der Waals surface area contributed by atoms with Gasteiger partial charge in [0, 0.05) is 12.1 Å². The highest BCUT2D eigenvalue weighted by molar-refractivity contribution is 5.82. The largest absolute Gasteiger partial charge is 0.497 e. The van der Waals surface area contributed by atoms with Gasteiger partial charge in [-0.3, -0.25) is 0 Å². The summed E-state index contributed by atoms with van der Waals surface area (Å²) < 4.78 is 16.2. The number of hydrogen-bond acceptors (Lipinski definition) is 4. The van der Waals surface area contributed by atoms with Crippen LogP contribution in [0.3, 0.4) is 0 Å². The van der Waals surface area contributed by atoms with Crippen molar-refractivity contribution in [2.75, 3.05) is 20.8 Å². The Balaban J connectivity index is 2.53. The molecule has 2 rings (SSSR count). The summed E-state index contributed by atoms with van der Waals surface area (Å²) in [6.07, 6.45) is 1.51. The van der Waals surface area contributed by atoms with E-state index in [2.05, 4.69) is 6.07 Å². The summed E-state index contributed by atoms with van der Waals surface area (Å²) in [5.41, 5.74) is 2.52. The lowest BCUT2D eigenvalue weighted by atomic mass is 9.97. The van der Waals surface area contributed by atoms with Gasteiger partial charge < -0.3 is 14.2 Å². The van der Waals surface area contributed by atoms with Gasteiger partial charge in [0.2, 0.25) is 0 Å². The first-order valence-electron chi connectivity index (χ1n) is 7.28. The molecule has 0 saturated heterocycles. The fourth-order valence-corrected chi connectivity index (χ4v) is 2.28. The lowest BCUT2D eigenvalue weighted by molar-refractivity contribution is 0.340. The van der Waals surface area contributed by atoms with E-state index >= 15 is 0 Å². The summed E-state index contributed by atoms with van der Waals surface area (Å²) in [4.78, 5) is 0. The van der Waals surface area contributed by atoms with E-state index in [1.54, 1.807) is 20.3 Å². The molecule has 0 aromatic heterocycles. The number of nitrogens with zero attached hydrogens (tertiary/aromatic N) is 1. The summed E-state index contributed by atoms with van der Waals surface area (Å²) in [5, 5.41) is 9.16. The maximum atomic E-state index is 9.16. The summed E-state index contributed by atoms with van der Waals surface area (Å²) >= 11 is 0. The topological polar surface area (TPSA) is 51.5 Å². The number of benzene rings is 2. The number of ether oxygens (including phenoxy) is 3. The van der Waals surface area contributed by atoms with E-state index in [4.69, 9.17) is 19.5 Å². The van der Waals surface area contributed by atoms with Crippen LogP contribution in [-0.4, -0.2) is 20.8 Å². The second-order valence-electron chi connectivity index (χ2n) is 4.75. The zero-order valence-corrected chi connectivity index (χ0v) is 13.5. The maximum absolute atomic E-state index is 9.16. The molecule has 0 N–H and O–H groups in total. The predicted octanol–water partition coefficient (Wildman–Crippen LogP) is 4.06. The molecular formula is C19H19NO3. The van der Waals surface area contributed by atoms with E-state index < -0.39 is 0 Å². The van der Waals surface area contributed by atoms with E-state index in [1.165, 1.54) is 6.08 Å². The van der Waals surface area contributed by atoms with Crippen molar-refractivity contribution in [3.05, 3.63) is 59.7 Å². The van der Waals surface area contributed by atoms with Crippen molar-refractivity contribution >= 4 is 5.57 Å². The molecule has 0 heterocycles. The normalized spacial score (nSPS) is 10.8. The molecule has 0 saturated carbocycles. The average Bonchev–Trinajstić information content (AvgIpc) is 2.59. The predicted molar refractivity (Wildman–Crippen MR) is 89.8 cm³/mol. The molecule has 0 atom stereocenters. The molecule has 0 unspecified atom stereocenters. The molecule has 23 heavy (non-hydrogen) atoms. The Bertz CT molecular complexity index is 722. The second kappa shape index (κ2) is 7.90. The smallest absolute Gasteiger partial charge is 0.123 e. The summed E-state index contributed by atoms with van der Waals surface area (Å²) in [6, 6.07) is 15.3. The third kappa shape index (κ3) is 4.04. The van der Waals surface area contributed by atoms with Gasteiger partial charge in [-0.1, -0.05) is 12.1 Å². The van der Waals surface area contributed by atoms with Crippen LogP contribution in [-0.2, 0) is 0 Å². The lowest BCUT2D eigenvalue weighted by Crippen LogP contribution is -1.95. The van der Waals surface area contributed by atoms with Crippen molar-refractivity contribution < 1.29 is 14.2 Å². The molecule has 2 aromatic carbocycles. The van der Waals surface area contributed by atoms with Gasteiger partial charge >= 0.3 is 0 Å². The number of rotatable bonds is 6. The number of hydrogen-bond donors (Lipinski definition) is 0. The van der Waals surface area contributed by atoms with Gasteiger partial charge in [0.25, 0.3) is 0 Å². The Kier molecular flexibility index (Phi) is 5.65. The molecule has 0 aliphatic rings. The highest BCUT2D eigenvalue weighted by Crippen LogP contribution is 2.32. The van der Waals surface area contributed by atoms with E-state index in [0.717, 1.165) is 22.4 Å². The third-order valence-electron chi connectivity index (χ3n) is 3.33. The quantitative estimate of drug-likeness (QED) is 0.755. The molecule has 0 aliphatic heterocycles. The molecule has 2 aromatic rings. The Morgan fingerprint density at radius 3 is 2.22 bits per heavy atom. The van der Waals surface area contributed by atoms with Crippen LogP contribution in [0, 0.1) is 11.3 Å². The highest BCUT2D eigenvalue weighted by Gasteiger charge is 2.10. The van der Waals surface area contributed by atoms with Crippen LogP contribution in [0.15, 0.2) is 48.5 Å². The fraction of sp³-hybridized carbons (Fsp3) is 0.211. The van der Waals surface area contributed by atoms with Crippen molar-refractivity contribution in [3.63, 3.8) is 0 Å². The average molecular weight is 309 g/mol. The van der Waals surface area contributed by atoms with Crippen LogP contribution < -0.4 is 14.2 Å². The van der Waals surface area contributed by atoms with Crippen molar-refractivity contribution in [1.29, 1.82) is 5.26 Å². The lowest BCUT2D eigenvalue weighted by Gasteiger charge is -2.12. The van der Waals surface area contributed by atoms with Crippen LogP contribution in [0.5, 0.6) is 17.2 Å². The van der Waals surface area contributed by atoms with Crippen molar-refractivity contribution in [2.24, 2.45) is 0 Å². The minimum atomic E-state index is 0.591. The van der Waals surface area contributed by atoms with E-state index in [-0.39, 0.29) is 0 Å². The van der Waals surface area contributed by atoms with E-state index in [1.807, 2.05) is 43.3 Å². The van der Waals surface area contributed by atoms with Gasteiger partial charge in [-0.2, -0.15) is 5.26 Å². The molecule has 0 aliphatic carbocycles. The monoisotopic (exact) mass is 309 g/mol. The molecule has 4 nitrogen and oxygen atoms in total. The minimum absolute atomic E-state index is 0.591. The second-order valence-corrected chi connectivity index (χ2v) is 4.75. The van der Waals surface area contributed by atoms with Crippen LogP contribution in [0.25, 0.3) is 5.57 Å². The maximum Gasteiger partial charge on any atom is 0.123 e. The first-order chi connectivity index (χ1) is 11.2. The third-order valence-corrected chi connectivity index (χ3v) is 3.33. The standard InChI is InChI=1S/C19H19NO3/c1-4-23-16-7-5-6-14(10-16)19(8-9-20)15-11-17(21-2)13-18(12-15)22-3/h5-8,10-13H,4H2,1-3H3. The molecular weight excluding hydrogens is 290 g/mol. The van der Waals surface area contributed by atoms with Crippen LogP contribution in [0.2, 0.25) is 0 Å². The number of nitriles is 1. The van der Waals surface area contributed by atoms with Gasteiger partial charge in [-0.05, 0) is 47.9 Å². The minimum Gasteiger partial charge on any atom is -0.497 e. The van der Waals surface area contributed by atoms with Crippen molar-refractivity contribution in [3.8, 4) is 23.3 Å². The van der Waals surface area contributed by atoms with Gasteiger partial charge in [0.1, 0.15) is 17.2 Å². The number of methoxy groups -OCH3 is 2. The Morgan fingerprint density at radius 2 is 1.65 bits per heavy atom. The number of allylic oxidation sites excluding steroid dienone is 1. The van der Waals surface area contributed by atoms with Crippen molar-refractivity contribution in [1.82, 2.24) is 0 Å². The molecule has 118 valence electrons. The van der Waals surface area contributed by atoms with Crippen LogP contribution in [0.1, 0.15) is 18.1 Å². The molecule has 0 amide bonds. The Labute approximate surface area is 136 Å². The zero-order valence-electron chi connectivity index (χ0n) is 13.5. The van der Waals surface area contributed by atoms with Crippen LogP contribution in [0.4, 0.5) is 0 Å². The summed E-state index contributed by atoms with van der Waals surface area (Å²) in [6.45, 7) is 2.53. The SMILES string of the molecule is CCOc1cccc(C(=CC#N)c2cc(OC)cc(OC)c2)c1. The fourth-order valence-electron chi connectivity index (χ4n) is 2.28. The molecule has 4 heteroatoms. The Morgan fingerprint density at radius 1 is 1.00 bits per heavy atom. The van der Waals surface area contributed by atoms with Gasteiger partial charge in [0.15, 0.2) is 0 Å². The first kappa shape index (κ1) is 16.4. The molecule has 0 bridgehead atoms. The van der Waals surface area contributed by atoms with Gasteiger partial charge in [-0.25, -0.2) is 0 Å². The molecule has 0 spiro atoms. The van der Waals surface area contributed by atoms with Crippen LogP contribution >= 0.6 is 0 Å². The zero-order chi connectivity index (χ0) is 16.7. The first-order valence-corrected chi connectivity index (χ1v) is 7.28. The summed E-state index contributed by atoms with van der Waals surface area (Å²) in [7, 11) is 3.20. The highest BCUT2D eigenvalue weighted by atomic mass is 16.5.